The van der Waals surface area contributed by atoms with E-state index in [4.69, 9.17) is 9.73 Å². The number of benzene rings is 1. The topological polar surface area (TPSA) is 21.6 Å². The largest absolute Gasteiger partial charge is 0.478 e. The summed E-state index contributed by atoms with van der Waals surface area (Å²) in [4.78, 5) is 4.73. The second kappa shape index (κ2) is 9.37. The van der Waals surface area contributed by atoms with Crippen LogP contribution in [0.15, 0.2) is 35.3 Å². The molecule has 1 atom stereocenters. The molecule has 2 aliphatic carbocycles. The molecule has 4 rings (SSSR count). The van der Waals surface area contributed by atoms with Gasteiger partial charge in [0.2, 0.25) is 0 Å². The molecule has 1 heterocycles. The molecule has 122 valence electrons. The van der Waals surface area contributed by atoms with Gasteiger partial charge in [-0.15, -0.1) is 0 Å². The van der Waals surface area contributed by atoms with Crippen molar-refractivity contribution in [3.05, 3.63) is 35.9 Å². The fraction of sp³-hybridized carbons (Fsp3) is 0.632. The molecule has 0 saturated heterocycles. The molecule has 2 nitrogen and oxygen atoms in total. The Kier molecular flexibility index (Phi) is 7.48. The molecule has 0 spiro atoms. The predicted octanol–water partition coefficient (Wildman–Crippen LogP) is 5.29. The van der Waals surface area contributed by atoms with E-state index in [1.54, 1.807) is 0 Å². The molecule has 0 unspecified atom stereocenters. The van der Waals surface area contributed by atoms with Crippen LogP contribution in [0.4, 0.5) is 0 Å². The molecular formula is C19H27FeNO. The fourth-order valence-electron chi connectivity index (χ4n) is 3.52. The van der Waals surface area contributed by atoms with Gasteiger partial charge in [-0.05, 0) is 18.4 Å². The van der Waals surface area contributed by atoms with Gasteiger partial charge in [0.25, 0.3) is 0 Å². The molecule has 0 aromatic heterocycles. The Balaban J connectivity index is 0.000000253. The number of hydrogen-bond donors (Lipinski definition) is 0. The molecule has 22 heavy (non-hydrogen) atoms. The van der Waals surface area contributed by atoms with Crippen LogP contribution in [0.2, 0.25) is 0 Å². The normalized spacial score (nSPS) is 24.0. The van der Waals surface area contributed by atoms with Crippen molar-refractivity contribution in [1.29, 1.82) is 0 Å². The molecule has 3 aliphatic rings. The van der Waals surface area contributed by atoms with Crippen molar-refractivity contribution in [3.63, 3.8) is 0 Å². The second-order valence-electron chi connectivity index (χ2n) is 6.45. The molecular weight excluding hydrogens is 314 g/mol. The van der Waals surface area contributed by atoms with Gasteiger partial charge in [0.05, 0.1) is 0 Å². The van der Waals surface area contributed by atoms with Gasteiger partial charge in [-0.3, -0.25) is 0 Å². The zero-order chi connectivity index (χ0) is 14.3. The van der Waals surface area contributed by atoms with Crippen LogP contribution < -0.4 is 0 Å². The summed E-state index contributed by atoms with van der Waals surface area (Å²) in [5.41, 5.74) is 1.27. The van der Waals surface area contributed by atoms with Crippen molar-refractivity contribution < 1.29 is 21.8 Å². The maximum Gasteiger partial charge on any atom is 0.187 e. The Labute approximate surface area is 145 Å². The van der Waals surface area contributed by atoms with E-state index >= 15 is 0 Å². The minimum Gasteiger partial charge on any atom is -0.478 e. The molecule has 0 radical (unpaired) electrons. The summed E-state index contributed by atoms with van der Waals surface area (Å²) in [5.74, 6) is 1.63. The Hall–Kier alpha value is -0.791. The molecule has 0 bridgehead atoms. The molecule has 3 heteroatoms. The Morgan fingerprint density at radius 3 is 2.00 bits per heavy atom. The van der Waals surface area contributed by atoms with Crippen molar-refractivity contribution in [1.82, 2.24) is 0 Å². The third-order valence-corrected chi connectivity index (χ3v) is 4.81. The Morgan fingerprint density at radius 2 is 1.41 bits per heavy atom. The summed E-state index contributed by atoms with van der Waals surface area (Å²) in [6.07, 6.45) is 12.7. The van der Waals surface area contributed by atoms with Crippen LogP contribution >= 0.6 is 0 Å². The van der Waals surface area contributed by atoms with Crippen molar-refractivity contribution in [2.45, 2.75) is 63.8 Å². The zero-order valence-corrected chi connectivity index (χ0v) is 14.4. The van der Waals surface area contributed by atoms with Crippen molar-refractivity contribution in [2.24, 2.45) is 10.9 Å². The average Bonchev–Trinajstić information content (AvgIpc) is 3.30. The smallest absolute Gasteiger partial charge is 0.187 e. The first-order valence-corrected chi connectivity index (χ1v) is 8.69. The van der Waals surface area contributed by atoms with Gasteiger partial charge in [-0.25, -0.2) is 4.99 Å². The number of ether oxygens (including phenoxy) is 1. The molecule has 0 amide bonds. The first kappa shape index (κ1) is 17.6. The van der Waals surface area contributed by atoms with E-state index in [1.807, 2.05) is 6.07 Å². The van der Waals surface area contributed by atoms with E-state index in [1.165, 1.54) is 63.4 Å². The third kappa shape index (κ3) is 4.86. The van der Waals surface area contributed by atoms with Crippen LogP contribution in [0.3, 0.4) is 0 Å². The average molecular weight is 341 g/mol. The molecule has 1 aliphatic heterocycles. The summed E-state index contributed by atoms with van der Waals surface area (Å²) < 4.78 is 5.75. The monoisotopic (exact) mass is 341 g/mol. The molecule has 1 aromatic carbocycles. The summed E-state index contributed by atoms with van der Waals surface area (Å²) in [7, 11) is 0. The van der Waals surface area contributed by atoms with Crippen LogP contribution in [0.5, 0.6) is 0 Å². The SMILES string of the molecule is C1CCCC1.[Fe].c1ccc([C@H]2COC(C3CCCC3)=N2)cc1. The van der Waals surface area contributed by atoms with Crippen LogP contribution in [-0.2, 0) is 21.8 Å². The summed E-state index contributed by atoms with van der Waals surface area (Å²) in [6.45, 7) is 0.732. The Morgan fingerprint density at radius 1 is 0.818 bits per heavy atom. The van der Waals surface area contributed by atoms with Crippen LogP contribution in [0.1, 0.15) is 69.4 Å². The fourth-order valence-corrected chi connectivity index (χ4v) is 3.52. The van der Waals surface area contributed by atoms with Gasteiger partial charge < -0.3 is 4.74 Å². The molecule has 1 aromatic rings. The quantitative estimate of drug-likeness (QED) is 0.670. The minimum absolute atomic E-state index is 0. The predicted molar refractivity (Wildman–Crippen MR) is 87.6 cm³/mol. The molecule has 0 N–H and O–H groups in total. The summed E-state index contributed by atoms with van der Waals surface area (Å²) >= 11 is 0. The first-order valence-electron chi connectivity index (χ1n) is 8.69. The van der Waals surface area contributed by atoms with Gasteiger partial charge in [-0.2, -0.15) is 0 Å². The summed E-state index contributed by atoms with van der Waals surface area (Å²) in [6, 6.07) is 10.7. The van der Waals surface area contributed by atoms with Gasteiger partial charge in [0, 0.05) is 23.0 Å². The van der Waals surface area contributed by atoms with Crippen molar-refractivity contribution in [3.8, 4) is 0 Å². The summed E-state index contributed by atoms with van der Waals surface area (Å²) in [5, 5.41) is 0. The van der Waals surface area contributed by atoms with Crippen molar-refractivity contribution in [2.75, 3.05) is 6.61 Å². The van der Waals surface area contributed by atoms with Gasteiger partial charge in [-0.1, -0.05) is 75.3 Å². The Bertz CT molecular complexity index is 442. The van der Waals surface area contributed by atoms with E-state index in [0.717, 1.165) is 12.5 Å². The number of hydrogen-bond acceptors (Lipinski definition) is 2. The number of rotatable bonds is 2. The minimum atomic E-state index is 0. The van der Waals surface area contributed by atoms with Gasteiger partial charge in [0.15, 0.2) is 5.90 Å². The van der Waals surface area contributed by atoms with Gasteiger partial charge in [0.1, 0.15) is 12.6 Å². The van der Waals surface area contributed by atoms with E-state index in [2.05, 4.69) is 24.3 Å². The van der Waals surface area contributed by atoms with E-state index in [-0.39, 0.29) is 23.1 Å². The maximum atomic E-state index is 5.75. The first-order chi connectivity index (χ1) is 10.4. The third-order valence-electron chi connectivity index (χ3n) is 4.81. The van der Waals surface area contributed by atoms with Crippen LogP contribution in [-0.4, -0.2) is 12.5 Å². The van der Waals surface area contributed by atoms with Crippen LogP contribution in [0.25, 0.3) is 0 Å². The number of nitrogens with zero attached hydrogens (tertiary/aromatic N) is 1. The number of aliphatic imine (C=N–C) groups is 1. The van der Waals surface area contributed by atoms with Crippen LogP contribution in [0, 0.1) is 5.92 Å². The molecule has 2 saturated carbocycles. The molecule has 2 fully saturated rings. The zero-order valence-electron chi connectivity index (χ0n) is 13.3. The second-order valence-corrected chi connectivity index (χ2v) is 6.45. The van der Waals surface area contributed by atoms with E-state index in [0.29, 0.717) is 5.92 Å². The maximum absolute atomic E-state index is 5.75. The van der Waals surface area contributed by atoms with Crippen molar-refractivity contribution >= 4 is 5.90 Å². The van der Waals surface area contributed by atoms with E-state index < -0.39 is 0 Å². The van der Waals surface area contributed by atoms with E-state index in [9.17, 15) is 0 Å². The van der Waals surface area contributed by atoms with Gasteiger partial charge >= 0.3 is 0 Å². The standard InChI is InChI=1S/C14H17NO.C5H10.Fe/c1-2-6-11(7-3-1)13-10-16-14(15-13)12-8-4-5-9-12;1-2-4-5-3-1;/h1-3,6-7,12-13H,4-5,8-10H2;1-5H2;/t13-;;/m1../s1.